The Labute approximate surface area is 112 Å². The van der Waals surface area contributed by atoms with Crippen molar-refractivity contribution in [2.24, 2.45) is 0 Å². The molecule has 1 aliphatic heterocycles. The summed E-state index contributed by atoms with van der Waals surface area (Å²) >= 11 is 4.58. The molecule has 0 aliphatic carbocycles. The van der Waals surface area contributed by atoms with Crippen LogP contribution in [0.3, 0.4) is 0 Å². The molecule has 0 radical (unpaired) electrons. The number of rotatable bonds is 4. The van der Waals surface area contributed by atoms with E-state index in [1.165, 1.54) is 11.3 Å². The van der Waals surface area contributed by atoms with Gasteiger partial charge in [0.1, 0.15) is 4.88 Å². The van der Waals surface area contributed by atoms with Gasteiger partial charge in [0.05, 0.1) is 19.4 Å². The Morgan fingerprint density at radius 1 is 1.59 bits per heavy atom. The Morgan fingerprint density at radius 3 is 3.00 bits per heavy atom. The first-order valence-corrected chi connectivity index (χ1v) is 7.06. The highest BCUT2D eigenvalue weighted by atomic mass is 79.9. The Bertz CT molecular complexity index is 379. The summed E-state index contributed by atoms with van der Waals surface area (Å²) in [6, 6.07) is 0. The number of carbonyl (C=O) groups excluding carboxylic acids is 1. The first kappa shape index (κ1) is 12.9. The Hall–Kier alpha value is -0.500. The van der Waals surface area contributed by atoms with Gasteiger partial charge in [-0.25, -0.2) is 4.98 Å². The third kappa shape index (κ3) is 4.02. The van der Waals surface area contributed by atoms with Crippen molar-refractivity contribution in [2.45, 2.75) is 0 Å². The van der Waals surface area contributed by atoms with Crippen LogP contribution < -0.4 is 5.32 Å². The van der Waals surface area contributed by atoms with E-state index in [0.717, 1.165) is 36.8 Å². The lowest BCUT2D eigenvalue weighted by atomic mass is 10.4. The van der Waals surface area contributed by atoms with Crippen LogP contribution in [-0.2, 0) is 4.74 Å². The van der Waals surface area contributed by atoms with E-state index >= 15 is 0 Å². The van der Waals surface area contributed by atoms with Crippen LogP contribution in [0.5, 0.6) is 0 Å². The number of morpholine rings is 1. The minimum Gasteiger partial charge on any atom is -0.379 e. The lowest BCUT2D eigenvalue weighted by molar-refractivity contribution is 0.0383. The van der Waals surface area contributed by atoms with Crippen LogP contribution in [0.15, 0.2) is 10.1 Å². The van der Waals surface area contributed by atoms with Gasteiger partial charge >= 0.3 is 0 Å². The molecule has 1 aromatic heterocycles. The minimum absolute atomic E-state index is 0.0542. The average molecular weight is 320 g/mol. The Morgan fingerprint density at radius 2 is 2.35 bits per heavy atom. The quantitative estimate of drug-likeness (QED) is 0.898. The standard InChI is InChI=1S/C10H14BrN3O2S/c11-10-13-7-8(17-10)9(15)12-1-2-14-3-5-16-6-4-14/h7H,1-6H2,(H,12,15). The van der Waals surface area contributed by atoms with Crippen molar-refractivity contribution in [3.05, 3.63) is 15.0 Å². The van der Waals surface area contributed by atoms with E-state index in [9.17, 15) is 4.79 Å². The Kier molecular flexibility index (Phi) is 4.90. The zero-order valence-electron chi connectivity index (χ0n) is 9.32. The van der Waals surface area contributed by atoms with E-state index in [1.54, 1.807) is 6.20 Å². The number of hydrogen-bond acceptors (Lipinski definition) is 5. The smallest absolute Gasteiger partial charge is 0.263 e. The van der Waals surface area contributed by atoms with Crippen LogP contribution in [0.25, 0.3) is 0 Å². The van der Waals surface area contributed by atoms with E-state index in [0.29, 0.717) is 11.4 Å². The molecular formula is C10H14BrN3O2S. The minimum atomic E-state index is -0.0542. The molecule has 1 aromatic rings. The lowest BCUT2D eigenvalue weighted by Crippen LogP contribution is -2.41. The van der Waals surface area contributed by atoms with Gasteiger partial charge in [-0.1, -0.05) is 0 Å². The number of amides is 1. The summed E-state index contributed by atoms with van der Waals surface area (Å²) in [7, 11) is 0. The molecule has 0 unspecified atom stereocenters. The predicted molar refractivity (Wildman–Crippen MR) is 69.4 cm³/mol. The van der Waals surface area contributed by atoms with Crippen molar-refractivity contribution < 1.29 is 9.53 Å². The van der Waals surface area contributed by atoms with Gasteiger partial charge < -0.3 is 10.1 Å². The van der Waals surface area contributed by atoms with Gasteiger partial charge in [0.25, 0.3) is 5.91 Å². The molecule has 1 saturated heterocycles. The van der Waals surface area contributed by atoms with Crippen molar-refractivity contribution in [2.75, 3.05) is 39.4 Å². The topological polar surface area (TPSA) is 54.5 Å². The van der Waals surface area contributed by atoms with Crippen LogP contribution in [0, 0.1) is 0 Å². The molecule has 2 rings (SSSR count). The van der Waals surface area contributed by atoms with Gasteiger partial charge in [0.15, 0.2) is 3.92 Å². The van der Waals surface area contributed by atoms with Crippen LogP contribution in [0.1, 0.15) is 9.67 Å². The van der Waals surface area contributed by atoms with E-state index in [-0.39, 0.29) is 5.91 Å². The number of hydrogen-bond donors (Lipinski definition) is 1. The number of aromatic nitrogens is 1. The molecule has 0 atom stereocenters. The predicted octanol–water partition coefficient (Wildman–Crippen LogP) is 0.968. The fourth-order valence-corrected chi connectivity index (χ4v) is 2.78. The zero-order chi connectivity index (χ0) is 12.1. The maximum absolute atomic E-state index is 11.7. The Balaban J connectivity index is 1.69. The summed E-state index contributed by atoms with van der Waals surface area (Å²) in [4.78, 5) is 18.6. The number of ether oxygens (including phenoxy) is 1. The van der Waals surface area contributed by atoms with E-state index in [2.05, 4.69) is 31.1 Å². The number of thiazole rings is 1. The SMILES string of the molecule is O=C(NCCN1CCOCC1)c1cnc(Br)s1. The third-order valence-corrected chi connectivity index (χ3v) is 3.99. The van der Waals surface area contributed by atoms with Crippen molar-refractivity contribution >= 4 is 33.2 Å². The summed E-state index contributed by atoms with van der Waals surface area (Å²) in [5.41, 5.74) is 0. The molecule has 1 amide bonds. The molecular weight excluding hydrogens is 306 g/mol. The largest absolute Gasteiger partial charge is 0.379 e. The molecule has 1 N–H and O–H groups in total. The molecule has 2 heterocycles. The molecule has 7 heteroatoms. The third-order valence-electron chi connectivity index (χ3n) is 2.52. The fourth-order valence-electron chi connectivity index (χ4n) is 1.60. The zero-order valence-corrected chi connectivity index (χ0v) is 11.7. The van der Waals surface area contributed by atoms with Gasteiger partial charge in [-0.2, -0.15) is 0 Å². The van der Waals surface area contributed by atoms with Gasteiger partial charge in [0, 0.05) is 26.2 Å². The summed E-state index contributed by atoms with van der Waals surface area (Å²) < 4.78 is 5.99. The van der Waals surface area contributed by atoms with Crippen molar-refractivity contribution in [3.8, 4) is 0 Å². The van der Waals surface area contributed by atoms with E-state index in [4.69, 9.17) is 4.74 Å². The number of halogens is 1. The van der Waals surface area contributed by atoms with E-state index in [1.807, 2.05) is 0 Å². The van der Waals surface area contributed by atoms with Crippen LogP contribution in [-0.4, -0.2) is 55.2 Å². The molecule has 5 nitrogen and oxygen atoms in total. The lowest BCUT2D eigenvalue weighted by Gasteiger charge is -2.26. The molecule has 0 saturated carbocycles. The van der Waals surface area contributed by atoms with Gasteiger partial charge in [-0.3, -0.25) is 9.69 Å². The summed E-state index contributed by atoms with van der Waals surface area (Å²) in [5, 5.41) is 2.89. The molecule has 1 fully saturated rings. The van der Waals surface area contributed by atoms with Gasteiger partial charge in [-0.15, -0.1) is 11.3 Å². The molecule has 1 aliphatic rings. The van der Waals surface area contributed by atoms with Gasteiger partial charge in [0.2, 0.25) is 0 Å². The summed E-state index contributed by atoms with van der Waals surface area (Å²) in [6.45, 7) is 5.00. The molecule has 0 aromatic carbocycles. The second-order valence-electron chi connectivity index (χ2n) is 3.69. The highest BCUT2D eigenvalue weighted by molar-refractivity contribution is 9.11. The summed E-state index contributed by atoms with van der Waals surface area (Å²) in [5.74, 6) is -0.0542. The molecule has 94 valence electrons. The van der Waals surface area contributed by atoms with Crippen molar-refractivity contribution in [1.82, 2.24) is 15.2 Å². The maximum Gasteiger partial charge on any atom is 0.263 e. The number of nitrogens with one attached hydrogen (secondary N) is 1. The molecule has 0 spiro atoms. The maximum atomic E-state index is 11.7. The van der Waals surface area contributed by atoms with E-state index < -0.39 is 0 Å². The first-order chi connectivity index (χ1) is 8.25. The first-order valence-electron chi connectivity index (χ1n) is 5.45. The highest BCUT2D eigenvalue weighted by Crippen LogP contribution is 2.17. The van der Waals surface area contributed by atoms with Crippen LogP contribution in [0.2, 0.25) is 0 Å². The summed E-state index contributed by atoms with van der Waals surface area (Å²) in [6.07, 6.45) is 1.58. The van der Waals surface area contributed by atoms with Crippen LogP contribution >= 0.6 is 27.3 Å². The number of nitrogens with zero attached hydrogens (tertiary/aromatic N) is 2. The molecule has 17 heavy (non-hydrogen) atoms. The normalized spacial score (nSPS) is 17.0. The van der Waals surface area contributed by atoms with Crippen molar-refractivity contribution in [1.29, 1.82) is 0 Å². The van der Waals surface area contributed by atoms with Crippen LogP contribution in [0.4, 0.5) is 0 Å². The molecule has 0 bridgehead atoms. The highest BCUT2D eigenvalue weighted by Gasteiger charge is 2.12. The van der Waals surface area contributed by atoms with Crippen molar-refractivity contribution in [3.63, 3.8) is 0 Å². The van der Waals surface area contributed by atoms with Gasteiger partial charge in [-0.05, 0) is 15.9 Å². The monoisotopic (exact) mass is 319 g/mol. The second-order valence-corrected chi connectivity index (χ2v) is 5.99. The average Bonchev–Trinajstić information content (AvgIpc) is 2.77. The fraction of sp³-hybridized carbons (Fsp3) is 0.600. The second kappa shape index (κ2) is 6.44. The number of carbonyl (C=O) groups is 1.